The Morgan fingerprint density at radius 1 is 1.10 bits per heavy atom. The van der Waals surface area contributed by atoms with E-state index in [-0.39, 0.29) is 0 Å². The number of aromatic nitrogens is 1. The molecule has 1 aliphatic rings. The van der Waals surface area contributed by atoms with Gasteiger partial charge >= 0.3 is 0 Å². The van der Waals surface area contributed by atoms with Crippen LogP contribution in [-0.4, -0.2) is 18.2 Å². The predicted octanol–water partition coefficient (Wildman–Crippen LogP) is 4.19. The smallest absolute Gasteiger partial charge is 0.162 e. The van der Waals surface area contributed by atoms with Crippen molar-refractivity contribution in [3.63, 3.8) is 0 Å². The van der Waals surface area contributed by atoms with Crippen LogP contribution < -0.4 is 9.47 Å². The van der Waals surface area contributed by atoms with Crippen LogP contribution in [0.5, 0.6) is 11.5 Å². The largest absolute Gasteiger partial charge is 0.490 e. The van der Waals surface area contributed by atoms with Gasteiger partial charge < -0.3 is 9.47 Å². The number of thioether (sulfide) groups is 1. The second kappa shape index (κ2) is 6.37. The minimum atomic E-state index is 0.705. The predicted molar refractivity (Wildman–Crippen MR) is 80.9 cm³/mol. The van der Waals surface area contributed by atoms with Gasteiger partial charge in [0.25, 0.3) is 0 Å². The first-order chi connectivity index (χ1) is 9.81. The van der Waals surface area contributed by atoms with Gasteiger partial charge in [-0.2, -0.15) is 0 Å². The first-order valence-corrected chi connectivity index (χ1v) is 7.80. The monoisotopic (exact) mass is 307 g/mol. The van der Waals surface area contributed by atoms with Gasteiger partial charge in [0.15, 0.2) is 11.5 Å². The van der Waals surface area contributed by atoms with E-state index >= 15 is 0 Å². The Morgan fingerprint density at radius 3 is 2.80 bits per heavy atom. The maximum atomic E-state index is 5.95. The Labute approximate surface area is 127 Å². The van der Waals surface area contributed by atoms with E-state index in [0.717, 1.165) is 34.3 Å². The number of pyridine rings is 1. The zero-order chi connectivity index (χ0) is 13.8. The van der Waals surface area contributed by atoms with Crippen molar-refractivity contribution in [1.82, 2.24) is 4.98 Å². The van der Waals surface area contributed by atoms with Crippen LogP contribution in [0.1, 0.15) is 12.1 Å². The van der Waals surface area contributed by atoms with Gasteiger partial charge in [-0.05, 0) is 30.3 Å². The first-order valence-electron chi connectivity index (χ1n) is 6.44. The highest BCUT2D eigenvalue weighted by Gasteiger charge is 2.11. The molecule has 104 valence electrons. The number of hydrogen-bond acceptors (Lipinski definition) is 4. The van der Waals surface area contributed by atoms with Crippen LogP contribution in [0.15, 0.2) is 41.4 Å². The number of hydrogen-bond donors (Lipinski definition) is 0. The molecular weight excluding hydrogens is 294 g/mol. The molecule has 0 aliphatic carbocycles. The fraction of sp³-hybridized carbons (Fsp3) is 0.267. The Kier molecular flexibility index (Phi) is 4.33. The van der Waals surface area contributed by atoms with E-state index in [1.807, 2.05) is 24.3 Å². The van der Waals surface area contributed by atoms with E-state index in [1.165, 1.54) is 0 Å². The fourth-order valence-corrected chi connectivity index (χ4v) is 2.93. The van der Waals surface area contributed by atoms with Gasteiger partial charge in [0.05, 0.1) is 18.9 Å². The molecule has 0 radical (unpaired) electrons. The van der Waals surface area contributed by atoms with Crippen LogP contribution in [0.25, 0.3) is 0 Å². The summed E-state index contributed by atoms with van der Waals surface area (Å²) < 4.78 is 11.3. The minimum Gasteiger partial charge on any atom is -0.490 e. The third-order valence-corrected chi connectivity index (χ3v) is 4.15. The molecule has 2 aromatic rings. The lowest BCUT2D eigenvalue weighted by molar-refractivity contribution is 0.297. The van der Waals surface area contributed by atoms with Crippen molar-refractivity contribution < 1.29 is 9.47 Å². The second-order valence-electron chi connectivity index (χ2n) is 4.41. The molecule has 0 amide bonds. The molecule has 0 bridgehead atoms. The highest BCUT2D eigenvalue weighted by Crippen LogP contribution is 2.34. The number of rotatable bonds is 3. The van der Waals surface area contributed by atoms with E-state index in [2.05, 4.69) is 4.98 Å². The Bertz CT molecular complexity index is 606. The lowest BCUT2D eigenvalue weighted by Gasteiger charge is -2.09. The van der Waals surface area contributed by atoms with Crippen LogP contribution in [0.3, 0.4) is 0 Å². The van der Waals surface area contributed by atoms with Gasteiger partial charge in [0, 0.05) is 28.3 Å². The zero-order valence-corrected chi connectivity index (χ0v) is 12.4. The summed E-state index contributed by atoms with van der Waals surface area (Å²) in [4.78, 5) is 5.43. The van der Waals surface area contributed by atoms with E-state index in [9.17, 15) is 0 Å². The molecule has 0 atom stereocenters. The average Bonchev–Trinajstić information content (AvgIpc) is 2.70. The molecular formula is C15H14ClNO2S. The van der Waals surface area contributed by atoms with Crippen molar-refractivity contribution in [2.75, 3.05) is 13.2 Å². The minimum absolute atomic E-state index is 0.705. The van der Waals surface area contributed by atoms with Crippen LogP contribution in [0, 0.1) is 0 Å². The summed E-state index contributed by atoms with van der Waals surface area (Å²) in [5, 5.41) is 0.717. The lowest BCUT2D eigenvalue weighted by atomic mass is 10.3. The highest BCUT2D eigenvalue weighted by atomic mass is 35.5. The van der Waals surface area contributed by atoms with Crippen LogP contribution in [0.4, 0.5) is 0 Å². The Balaban J connectivity index is 1.70. The van der Waals surface area contributed by atoms with E-state index in [1.54, 1.807) is 24.0 Å². The summed E-state index contributed by atoms with van der Waals surface area (Å²) in [6.07, 6.45) is 2.65. The van der Waals surface area contributed by atoms with Crippen molar-refractivity contribution in [3.8, 4) is 11.5 Å². The van der Waals surface area contributed by atoms with E-state index in [0.29, 0.717) is 18.2 Å². The Morgan fingerprint density at radius 2 is 1.95 bits per heavy atom. The molecule has 1 aliphatic heterocycles. The summed E-state index contributed by atoms with van der Waals surface area (Å²) in [5.41, 5.74) is 0.967. The molecule has 1 aromatic carbocycles. The molecule has 0 spiro atoms. The van der Waals surface area contributed by atoms with Crippen molar-refractivity contribution in [3.05, 3.63) is 47.2 Å². The summed E-state index contributed by atoms with van der Waals surface area (Å²) in [6.45, 7) is 1.42. The van der Waals surface area contributed by atoms with Crippen LogP contribution in [0.2, 0.25) is 5.02 Å². The molecule has 0 saturated carbocycles. The topological polar surface area (TPSA) is 31.4 Å². The molecule has 0 N–H and O–H groups in total. The number of fused-ring (bicyclic) bond motifs is 1. The van der Waals surface area contributed by atoms with Crippen LogP contribution in [-0.2, 0) is 5.75 Å². The Hall–Kier alpha value is -1.39. The summed E-state index contributed by atoms with van der Waals surface area (Å²) >= 11 is 7.66. The first kappa shape index (κ1) is 13.6. The number of benzene rings is 1. The third-order valence-electron chi connectivity index (χ3n) is 2.88. The second-order valence-corrected chi connectivity index (χ2v) is 5.90. The molecule has 0 unspecified atom stereocenters. The summed E-state index contributed by atoms with van der Waals surface area (Å²) in [5.74, 6) is 2.43. The molecule has 5 heteroatoms. The average molecular weight is 308 g/mol. The van der Waals surface area contributed by atoms with E-state index in [4.69, 9.17) is 21.1 Å². The highest BCUT2D eigenvalue weighted by molar-refractivity contribution is 7.98. The number of halogens is 1. The molecule has 1 aromatic heterocycles. The number of nitrogens with zero attached hydrogens (tertiary/aromatic N) is 1. The molecule has 2 heterocycles. The SMILES string of the molecule is Clc1ccnc(CSc2ccc3c(c2)OCCCO3)c1. The zero-order valence-electron chi connectivity index (χ0n) is 10.8. The fourth-order valence-electron chi connectivity index (χ4n) is 1.92. The van der Waals surface area contributed by atoms with Gasteiger partial charge in [0.2, 0.25) is 0 Å². The molecule has 20 heavy (non-hydrogen) atoms. The quantitative estimate of drug-likeness (QED) is 0.796. The van der Waals surface area contributed by atoms with E-state index < -0.39 is 0 Å². The molecule has 0 saturated heterocycles. The maximum Gasteiger partial charge on any atom is 0.162 e. The van der Waals surface area contributed by atoms with Gasteiger partial charge in [-0.3, -0.25) is 4.98 Å². The van der Waals surface area contributed by atoms with Gasteiger partial charge in [-0.1, -0.05) is 11.6 Å². The van der Waals surface area contributed by atoms with Crippen molar-refractivity contribution in [1.29, 1.82) is 0 Å². The summed E-state index contributed by atoms with van der Waals surface area (Å²) in [7, 11) is 0. The van der Waals surface area contributed by atoms with Crippen molar-refractivity contribution in [2.24, 2.45) is 0 Å². The molecule has 0 fully saturated rings. The molecule has 3 nitrogen and oxygen atoms in total. The van der Waals surface area contributed by atoms with Crippen molar-refractivity contribution in [2.45, 2.75) is 17.1 Å². The summed E-state index contributed by atoms with van der Waals surface area (Å²) in [6, 6.07) is 9.70. The lowest BCUT2D eigenvalue weighted by Crippen LogP contribution is -1.97. The number of ether oxygens (including phenoxy) is 2. The third kappa shape index (κ3) is 3.38. The molecule has 3 rings (SSSR count). The van der Waals surface area contributed by atoms with Crippen molar-refractivity contribution >= 4 is 23.4 Å². The normalized spacial score (nSPS) is 13.8. The maximum absolute atomic E-state index is 5.95. The van der Waals surface area contributed by atoms with Crippen LogP contribution >= 0.6 is 23.4 Å². The van der Waals surface area contributed by atoms with Gasteiger partial charge in [0.1, 0.15) is 0 Å². The van der Waals surface area contributed by atoms with Gasteiger partial charge in [-0.25, -0.2) is 0 Å². The standard InChI is InChI=1S/C15H14ClNO2S/c16-11-4-5-17-12(8-11)10-20-13-2-3-14-15(9-13)19-7-1-6-18-14/h2-5,8-9H,1,6-7,10H2. The van der Waals surface area contributed by atoms with Gasteiger partial charge in [-0.15, -0.1) is 11.8 Å².